The number of nitrogens with zero attached hydrogens (tertiary/aromatic N) is 2. The van der Waals surface area contributed by atoms with Crippen LogP contribution in [0.3, 0.4) is 0 Å². The third-order valence-electron chi connectivity index (χ3n) is 8.60. The fourth-order valence-corrected chi connectivity index (χ4v) is 6.06. The van der Waals surface area contributed by atoms with Crippen molar-refractivity contribution >= 4 is 23.4 Å². The minimum atomic E-state index is -2.32. The first-order chi connectivity index (χ1) is 23.2. The van der Waals surface area contributed by atoms with Crippen LogP contribution >= 0.6 is 11.6 Å². The SMILES string of the molecule is CCCCN(OC)C(=O)C1C=C(C(=O)N2Cc3ccc(OCCCl)cc3C2)C(O)(OCc2ccccc2)CC1(O)OCc1ccccc1. The molecule has 0 spiro atoms. The highest BCUT2D eigenvalue weighted by atomic mass is 35.5. The number of hydrogen-bond donors (Lipinski definition) is 2. The van der Waals surface area contributed by atoms with Gasteiger partial charge in [0.25, 0.3) is 11.8 Å². The number of aliphatic hydroxyl groups is 2. The van der Waals surface area contributed by atoms with Gasteiger partial charge in [-0.3, -0.25) is 14.4 Å². The molecule has 2 aliphatic rings. The van der Waals surface area contributed by atoms with Crippen LogP contribution in [-0.4, -0.2) is 69.7 Å². The van der Waals surface area contributed by atoms with Crippen LogP contribution in [0.1, 0.15) is 48.4 Å². The van der Waals surface area contributed by atoms with E-state index in [0.29, 0.717) is 24.7 Å². The van der Waals surface area contributed by atoms with Crippen molar-refractivity contribution in [2.24, 2.45) is 5.92 Å². The summed E-state index contributed by atoms with van der Waals surface area (Å²) in [4.78, 5) is 35.5. The number of rotatable bonds is 15. The molecule has 1 heterocycles. The summed E-state index contributed by atoms with van der Waals surface area (Å²) in [7, 11) is 1.38. The van der Waals surface area contributed by atoms with Crippen molar-refractivity contribution in [3.05, 3.63) is 113 Å². The van der Waals surface area contributed by atoms with Gasteiger partial charge in [0.15, 0.2) is 5.79 Å². The molecule has 0 saturated heterocycles. The Hall–Kier alpha value is -3.77. The summed E-state index contributed by atoms with van der Waals surface area (Å²) in [5, 5.41) is 25.7. The molecule has 3 atom stereocenters. The van der Waals surface area contributed by atoms with Crippen molar-refractivity contribution in [1.82, 2.24) is 9.96 Å². The molecule has 1 aliphatic heterocycles. The number of halogens is 1. The minimum Gasteiger partial charge on any atom is -0.492 e. The largest absolute Gasteiger partial charge is 0.492 e. The Balaban J connectivity index is 1.52. The monoisotopic (exact) mass is 678 g/mol. The topological polar surface area (TPSA) is 118 Å². The summed E-state index contributed by atoms with van der Waals surface area (Å²) in [6.45, 7) is 2.97. The normalized spacial score (nSPS) is 21.8. The molecule has 0 bridgehead atoms. The average molecular weight is 679 g/mol. The molecule has 0 saturated carbocycles. The van der Waals surface area contributed by atoms with Crippen molar-refractivity contribution in [3.63, 3.8) is 0 Å². The first-order valence-corrected chi connectivity index (χ1v) is 16.7. The van der Waals surface area contributed by atoms with Gasteiger partial charge < -0.3 is 29.3 Å². The van der Waals surface area contributed by atoms with Gasteiger partial charge in [-0.1, -0.05) is 86.2 Å². The molecule has 5 rings (SSSR count). The fourth-order valence-electron chi connectivity index (χ4n) is 5.99. The Bertz CT molecular complexity index is 1570. The number of benzene rings is 3. The van der Waals surface area contributed by atoms with E-state index in [9.17, 15) is 19.8 Å². The molecule has 3 aromatic rings. The second-order valence-corrected chi connectivity index (χ2v) is 12.4. The van der Waals surface area contributed by atoms with Gasteiger partial charge in [0.2, 0.25) is 5.79 Å². The molecule has 1 aliphatic carbocycles. The van der Waals surface area contributed by atoms with Gasteiger partial charge in [-0.15, -0.1) is 11.6 Å². The number of unbranched alkanes of at least 4 members (excludes halogenated alkanes) is 1. The van der Waals surface area contributed by atoms with Crippen molar-refractivity contribution in [1.29, 1.82) is 0 Å². The van der Waals surface area contributed by atoms with Crippen LogP contribution in [0.15, 0.2) is 90.5 Å². The zero-order chi connectivity index (χ0) is 34.1. The lowest BCUT2D eigenvalue weighted by atomic mass is 9.79. The third kappa shape index (κ3) is 8.26. The summed E-state index contributed by atoms with van der Waals surface area (Å²) in [5.41, 5.74) is 3.14. The number of carbonyl (C=O) groups excluding carboxylic acids is 2. The summed E-state index contributed by atoms with van der Waals surface area (Å²) < 4.78 is 17.9. The Morgan fingerprint density at radius 1 is 0.938 bits per heavy atom. The molecule has 2 N–H and O–H groups in total. The molecule has 0 fully saturated rings. The molecule has 48 heavy (non-hydrogen) atoms. The number of ether oxygens (including phenoxy) is 3. The highest BCUT2D eigenvalue weighted by Gasteiger charge is 2.57. The van der Waals surface area contributed by atoms with Gasteiger partial charge in [-0.2, -0.15) is 0 Å². The van der Waals surface area contributed by atoms with E-state index in [-0.39, 0.29) is 38.4 Å². The molecule has 0 aromatic heterocycles. The number of carbonyl (C=O) groups is 2. The smallest absolute Gasteiger partial charge is 0.258 e. The summed E-state index contributed by atoms with van der Waals surface area (Å²) in [5.74, 6) is -6.15. The van der Waals surface area contributed by atoms with Gasteiger partial charge in [0.1, 0.15) is 18.3 Å². The molecule has 256 valence electrons. The quantitative estimate of drug-likeness (QED) is 0.130. The number of alkyl halides is 1. The second-order valence-electron chi connectivity index (χ2n) is 12.0. The van der Waals surface area contributed by atoms with Crippen molar-refractivity contribution in [2.75, 3.05) is 26.1 Å². The van der Waals surface area contributed by atoms with E-state index in [2.05, 4.69) is 0 Å². The number of hydroxylamine groups is 2. The van der Waals surface area contributed by atoms with Gasteiger partial charge in [0.05, 0.1) is 38.2 Å². The van der Waals surface area contributed by atoms with E-state index in [1.54, 1.807) is 4.90 Å². The van der Waals surface area contributed by atoms with E-state index in [0.717, 1.165) is 33.7 Å². The van der Waals surface area contributed by atoms with Crippen molar-refractivity contribution in [3.8, 4) is 5.75 Å². The highest BCUT2D eigenvalue weighted by molar-refractivity contribution is 6.18. The van der Waals surface area contributed by atoms with Crippen LogP contribution in [0.4, 0.5) is 0 Å². The Labute approximate surface area is 286 Å². The fraction of sp³-hybridized carbons (Fsp3) is 0.405. The van der Waals surface area contributed by atoms with Gasteiger partial charge in [-0.05, 0) is 40.8 Å². The van der Waals surface area contributed by atoms with E-state index in [1.165, 1.54) is 13.2 Å². The molecule has 11 heteroatoms. The van der Waals surface area contributed by atoms with E-state index in [4.69, 9.17) is 30.6 Å². The van der Waals surface area contributed by atoms with Crippen LogP contribution in [0.2, 0.25) is 0 Å². The molecule has 0 radical (unpaired) electrons. The van der Waals surface area contributed by atoms with Gasteiger partial charge in [0, 0.05) is 19.6 Å². The molecular weight excluding hydrogens is 636 g/mol. The van der Waals surface area contributed by atoms with Crippen LogP contribution in [0.25, 0.3) is 0 Å². The zero-order valence-corrected chi connectivity index (χ0v) is 28.1. The second kappa shape index (κ2) is 16.1. The lowest BCUT2D eigenvalue weighted by Gasteiger charge is -2.45. The Morgan fingerprint density at radius 3 is 2.21 bits per heavy atom. The Kier molecular flexibility index (Phi) is 11.9. The summed E-state index contributed by atoms with van der Waals surface area (Å²) in [6.07, 6.45) is 2.13. The molecular formula is C37H43ClN2O8. The van der Waals surface area contributed by atoms with Gasteiger partial charge in [-0.25, -0.2) is 5.06 Å². The molecule has 3 aromatic carbocycles. The molecule has 10 nitrogen and oxygen atoms in total. The predicted octanol–water partition coefficient (Wildman–Crippen LogP) is 5.09. The van der Waals surface area contributed by atoms with Crippen LogP contribution in [0.5, 0.6) is 5.75 Å². The van der Waals surface area contributed by atoms with E-state index in [1.807, 2.05) is 85.8 Å². The lowest BCUT2D eigenvalue weighted by Crippen LogP contribution is -2.59. The van der Waals surface area contributed by atoms with Crippen LogP contribution < -0.4 is 4.74 Å². The summed E-state index contributed by atoms with van der Waals surface area (Å²) in [6, 6.07) is 23.9. The van der Waals surface area contributed by atoms with Gasteiger partial charge >= 0.3 is 0 Å². The zero-order valence-electron chi connectivity index (χ0n) is 27.3. The number of amides is 2. The van der Waals surface area contributed by atoms with Crippen molar-refractivity contribution in [2.45, 2.75) is 64.1 Å². The average Bonchev–Trinajstić information content (AvgIpc) is 3.54. The third-order valence-corrected chi connectivity index (χ3v) is 8.75. The van der Waals surface area contributed by atoms with E-state index >= 15 is 0 Å². The van der Waals surface area contributed by atoms with Crippen LogP contribution in [0, 0.1) is 5.92 Å². The first-order valence-electron chi connectivity index (χ1n) is 16.2. The highest BCUT2D eigenvalue weighted by Crippen LogP contribution is 2.44. The first kappa shape index (κ1) is 35.5. The minimum absolute atomic E-state index is 0.0650. The number of fused-ring (bicyclic) bond motifs is 1. The molecule has 2 amide bonds. The standard InChI is InChI=1S/C37H43ClN2O8/c1-3-4-18-40(45-2)35(42)33-21-32(34(41)39-22-29-15-16-31(46-19-17-38)20-30(29)23-39)36(43,47-24-27-11-7-5-8-12-27)26-37(33,44)48-25-28-13-9-6-10-14-28/h5-16,20-21,33,43-44H,3-4,17-19,22-26H2,1-2H3. The van der Waals surface area contributed by atoms with Crippen LogP contribution in [-0.2, 0) is 50.2 Å². The summed E-state index contributed by atoms with van der Waals surface area (Å²) >= 11 is 5.79. The van der Waals surface area contributed by atoms with Crippen molar-refractivity contribution < 1.29 is 38.9 Å². The maximum absolute atomic E-state index is 14.4. The maximum Gasteiger partial charge on any atom is 0.258 e. The lowest BCUT2D eigenvalue weighted by molar-refractivity contribution is -0.304. The Morgan fingerprint density at radius 2 is 1.58 bits per heavy atom. The predicted molar refractivity (Wildman–Crippen MR) is 179 cm³/mol. The molecule has 3 unspecified atom stereocenters. The van der Waals surface area contributed by atoms with E-state index < -0.39 is 35.7 Å². The number of hydrogen-bond acceptors (Lipinski definition) is 8. The maximum atomic E-state index is 14.4.